The van der Waals surface area contributed by atoms with E-state index in [0.29, 0.717) is 29.7 Å². The van der Waals surface area contributed by atoms with E-state index in [0.717, 1.165) is 5.56 Å². The maximum atomic E-state index is 9.42. The van der Waals surface area contributed by atoms with Gasteiger partial charge in [0.15, 0.2) is 0 Å². The molecule has 0 spiro atoms. The fourth-order valence-electron chi connectivity index (χ4n) is 1.85. The molecule has 0 saturated carbocycles. The summed E-state index contributed by atoms with van der Waals surface area (Å²) in [5.41, 5.74) is 1.53. The largest absolute Gasteiger partial charge is 0.508 e. The van der Waals surface area contributed by atoms with Crippen molar-refractivity contribution in [1.29, 1.82) is 0 Å². The minimum absolute atomic E-state index is 0.216. The zero-order chi connectivity index (χ0) is 13.9. The van der Waals surface area contributed by atoms with E-state index in [2.05, 4.69) is 20.1 Å². The predicted octanol–water partition coefficient (Wildman–Crippen LogP) is 2.13. The van der Waals surface area contributed by atoms with Crippen molar-refractivity contribution in [3.05, 3.63) is 53.8 Å². The van der Waals surface area contributed by atoms with Gasteiger partial charge in [-0.3, -0.25) is 0 Å². The number of rotatable bonds is 3. The Kier molecular flexibility index (Phi) is 3.12. The van der Waals surface area contributed by atoms with Gasteiger partial charge in [0, 0.05) is 6.20 Å². The van der Waals surface area contributed by atoms with Crippen molar-refractivity contribution in [2.75, 3.05) is 0 Å². The molecule has 0 fully saturated rings. The Hall–Kier alpha value is -2.76. The first-order valence-electron chi connectivity index (χ1n) is 6.11. The molecule has 6 nitrogen and oxygen atoms in total. The van der Waals surface area contributed by atoms with Crippen LogP contribution in [0.15, 0.2) is 41.1 Å². The lowest BCUT2D eigenvalue weighted by atomic mass is 10.1. The molecule has 0 aliphatic heterocycles. The Morgan fingerprint density at radius 1 is 1.20 bits per heavy atom. The monoisotopic (exact) mass is 268 g/mol. The number of benzene rings is 1. The molecule has 2 heterocycles. The fraction of sp³-hybridized carbons (Fsp3) is 0.143. The van der Waals surface area contributed by atoms with Crippen LogP contribution in [-0.2, 0) is 6.42 Å². The number of hydrogen-bond acceptors (Lipinski definition) is 6. The maximum absolute atomic E-state index is 9.42. The lowest BCUT2D eigenvalue weighted by Crippen LogP contribution is -1.92. The normalized spacial score (nSPS) is 10.7. The van der Waals surface area contributed by atoms with Gasteiger partial charge in [0.05, 0.1) is 6.42 Å². The molecule has 0 saturated heterocycles. The Morgan fingerprint density at radius 2 is 2.10 bits per heavy atom. The summed E-state index contributed by atoms with van der Waals surface area (Å²) in [7, 11) is 0. The number of phenolic OH excluding ortho intramolecular Hbond substituents is 1. The fourth-order valence-corrected chi connectivity index (χ4v) is 1.85. The first-order valence-corrected chi connectivity index (χ1v) is 6.11. The summed E-state index contributed by atoms with van der Waals surface area (Å²) < 4.78 is 5.20. The molecule has 0 bridgehead atoms. The molecule has 20 heavy (non-hydrogen) atoms. The number of hydrogen-bond donors (Lipinski definition) is 1. The third-order valence-electron chi connectivity index (χ3n) is 2.74. The van der Waals surface area contributed by atoms with Gasteiger partial charge >= 0.3 is 0 Å². The Labute approximate surface area is 115 Å². The number of aromatic nitrogens is 4. The Balaban J connectivity index is 1.84. The Morgan fingerprint density at radius 3 is 2.90 bits per heavy atom. The summed E-state index contributed by atoms with van der Waals surface area (Å²) in [6, 6.07) is 8.68. The summed E-state index contributed by atoms with van der Waals surface area (Å²) >= 11 is 0. The van der Waals surface area contributed by atoms with Gasteiger partial charge in [0.25, 0.3) is 0 Å². The van der Waals surface area contributed by atoms with Crippen molar-refractivity contribution in [2.45, 2.75) is 13.3 Å². The highest BCUT2D eigenvalue weighted by atomic mass is 16.5. The van der Waals surface area contributed by atoms with E-state index in [1.807, 2.05) is 6.07 Å². The first kappa shape index (κ1) is 12.3. The minimum atomic E-state index is 0.216. The molecule has 3 aromatic rings. The number of phenols is 1. The lowest BCUT2D eigenvalue weighted by molar-refractivity contribution is 0.385. The molecule has 100 valence electrons. The average Bonchev–Trinajstić information content (AvgIpc) is 2.87. The summed E-state index contributed by atoms with van der Waals surface area (Å²) in [5.74, 6) is 1.78. The number of aromatic hydroxyl groups is 1. The Bertz CT molecular complexity index is 739. The van der Waals surface area contributed by atoms with Gasteiger partial charge in [-0.25, -0.2) is 9.97 Å². The second-order valence-electron chi connectivity index (χ2n) is 4.35. The molecule has 2 aromatic heterocycles. The highest BCUT2D eigenvalue weighted by Crippen LogP contribution is 2.17. The molecule has 1 aromatic carbocycles. The van der Waals surface area contributed by atoms with Crippen molar-refractivity contribution in [3.8, 4) is 17.3 Å². The maximum Gasteiger partial charge on any atom is 0.231 e. The zero-order valence-corrected chi connectivity index (χ0v) is 10.8. The van der Waals surface area contributed by atoms with Crippen LogP contribution in [0, 0.1) is 6.92 Å². The van der Waals surface area contributed by atoms with E-state index in [1.54, 1.807) is 37.4 Å². The van der Waals surface area contributed by atoms with E-state index in [-0.39, 0.29) is 5.75 Å². The summed E-state index contributed by atoms with van der Waals surface area (Å²) in [6.07, 6.45) is 2.12. The van der Waals surface area contributed by atoms with E-state index >= 15 is 0 Å². The second-order valence-corrected chi connectivity index (χ2v) is 4.35. The standard InChI is InChI=1S/C14H12N4O2/c1-9-15-6-5-12(16-9)14-17-13(20-18-14)8-10-3-2-4-11(19)7-10/h2-7,19H,8H2,1H3. The molecule has 0 aliphatic carbocycles. The molecule has 0 amide bonds. The molecule has 1 N–H and O–H groups in total. The van der Waals surface area contributed by atoms with Crippen LogP contribution in [0.1, 0.15) is 17.3 Å². The van der Waals surface area contributed by atoms with Crippen molar-refractivity contribution >= 4 is 0 Å². The average molecular weight is 268 g/mol. The molecule has 0 atom stereocenters. The topological polar surface area (TPSA) is 84.9 Å². The molecule has 0 aliphatic rings. The van der Waals surface area contributed by atoms with Crippen LogP contribution in [0.2, 0.25) is 0 Å². The highest BCUT2D eigenvalue weighted by molar-refractivity contribution is 5.47. The van der Waals surface area contributed by atoms with Crippen LogP contribution in [0.5, 0.6) is 5.75 Å². The summed E-state index contributed by atoms with van der Waals surface area (Å²) in [6.45, 7) is 1.80. The van der Waals surface area contributed by atoms with Crippen molar-refractivity contribution in [2.24, 2.45) is 0 Å². The van der Waals surface area contributed by atoms with Gasteiger partial charge in [-0.15, -0.1) is 0 Å². The summed E-state index contributed by atoms with van der Waals surface area (Å²) in [4.78, 5) is 12.6. The molecule has 3 rings (SSSR count). The van der Waals surface area contributed by atoms with Crippen LogP contribution in [0.3, 0.4) is 0 Å². The van der Waals surface area contributed by atoms with Crippen LogP contribution < -0.4 is 0 Å². The van der Waals surface area contributed by atoms with Gasteiger partial charge in [0.2, 0.25) is 11.7 Å². The van der Waals surface area contributed by atoms with E-state index < -0.39 is 0 Å². The second kappa shape index (κ2) is 5.08. The van der Waals surface area contributed by atoms with E-state index in [4.69, 9.17) is 4.52 Å². The number of nitrogens with zero attached hydrogens (tertiary/aromatic N) is 4. The summed E-state index contributed by atoms with van der Waals surface area (Å²) in [5, 5.41) is 13.3. The molecular formula is C14H12N4O2. The highest BCUT2D eigenvalue weighted by Gasteiger charge is 2.10. The third-order valence-corrected chi connectivity index (χ3v) is 2.74. The van der Waals surface area contributed by atoms with Gasteiger partial charge in [-0.1, -0.05) is 17.3 Å². The first-order chi connectivity index (χ1) is 9.70. The van der Waals surface area contributed by atoms with Crippen molar-refractivity contribution < 1.29 is 9.63 Å². The molecule has 6 heteroatoms. The number of aryl methyl sites for hydroxylation is 1. The minimum Gasteiger partial charge on any atom is -0.508 e. The van der Waals surface area contributed by atoms with E-state index in [9.17, 15) is 5.11 Å². The lowest BCUT2D eigenvalue weighted by Gasteiger charge is -1.97. The zero-order valence-electron chi connectivity index (χ0n) is 10.8. The van der Waals surface area contributed by atoms with Crippen molar-refractivity contribution in [3.63, 3.8) is 0 Å². The van der Waals surface area contributed by atoms with Crippen LogP contribution >= 0.6 is 0 Å². The van der Waals surface area contributed by atoms with Gasteiger partial charge < -0.3 is 9.63 Å². The molecular weight excluding hydrogens is 256 g/mol. The van der Waals surface area contributed by atoms with Crippen LogP contribution in [0.25, 0.3) is 11.5 Å². The van der Waals surface area contributed by atoms with E-state index in [1.165, 1.54) is 0 Å². The SMILES string of the molecule is Cc1nccc(-c2noc(Cc3cccc(O)c3)n2)n1. The molecule has 0 unspecified atom stereocenters. The van der Waals surface area contributed by atoms with Crippen LogP contribution in [0.4, 0.5) is 0 Å². The van der Waals surface area contributed by atoms with Crippen LogP contribution in [-0.4, -0.2) is 25.2 Å². The van der Waals surface area contributed by atoms with Gasteiger partial charge in [0.1, 0.15) is 17.3 Å². The molecule has 0 radical (unpaired) electrons. The quantitative estimate of drug-likeness (QED) is 0.783. The smallest absolute Gasteiger partial charge is 0.231 e. The van der Waals surface area contributed by atoms with Gasteiger partial charge in [-0.05, 0) is 30.7 Å². The predicted molar refractivity (Wildman–Crippen MR) is 71.0 cm³/mol. The third kappa shape index (κ3) is 2.64. The van der Waals surface area contributed by atoms with Gasteiger partial charge in [-0.2, -0.15) is 4.98 Å². The van der Waals surface area contributed by atoms with Crippen molar-refractivity contribution in [1.82, 2.24) is 20.1 Å².